The molecule has 0 bridgehead atoms. The van der Waals surface area contributed by atoms with Crippen LogP contribution in [0.4, 0.5) is 0 Å². The molecule has 3 nitrogen and oxygen atoms in total. The fourth-order valence-electron chi connectivity index (χ4n) is 1.70. The van der Waals surface area contributed by atoms with Crippen LogP contribution in [0.5, 0.6) is 0 Å². The summed E-state index contributed by atoms with van der Waals surface area (Å²) < 4.78 is 5.55. The van der Waals surface area contributed by atoms with Crippen molar-refractivity contribution >= 4 is 11.8 Å². The van der Waals surface area contributed by atoms with Crippen LogP contribution in [0.25, 0.3) is 0 Å². The van der Waals surface area contributed by atoms with Gasteiger partial charge in [-0.2, -0.15) is 11.8 Å². The molecule has 0 amide bonds. The van der Waals surface area contributed by atoms with E-state index in [1.807, 2.05) is 18.0 Å². The van der Waals surface area contributed by atoms with Gasteiger partial charge in [-0.05, 0) is 44.6 Å². The normalized spacial score (nSPS) is 11.3. The third kappa shape index (κ3) is 6.15. The topological polar surface area (TPSA) is 28.4 Å². The Labute approximate surface area is 109 Å². The minimum Gasteiger partial charge on any atom is -0.468 e. The minimum absolute atomic E-state index is 0.899. The van der Waals surface area contributed by atoms with Gasteiger partial charge in [-0.25, -0.2) is 0 Å². The third-order valence-corrected chi connectivity index (χ3v) is 3.30. The monoisotopic (exact) mass is 256 g/mol. The largest absolute Gasteiger partial charge is 0.468 e. The van der Waals surface area contributed by atoms with Gasteiger partial charge in [0, 0.05) is 12.1 Å². The summed E-state index contributed by atoms with van der Waals surface area (Å²) in [6.07, 6.45) is 5.25. The van der Waals surface area contributed by atoms with Gasteiger partial charge in [0.15, 0.2) is 0 Å². The van der Waals surface area contributed by atoms with Gasteiger partial charge in [-0.15, -0.1) is 0 Å². The van der Waals surface area contributed by atoms with Crippen molar-refractivity contribution in [2.45, 2.75) is 26.4 Å². The summed E-state index contributed by atoms with van der Waals surface area (Å²) in [6.45, 7) is 6.04. The molecule has 98 valence electrons. The molecule has 0 aliphatic heterocycles. The molecule has 1 rings (SSSR count). The molecule has 1 aromatic rings. The SMILES string of the molecule is CCNCc1coc(CN(C)CCCSC)c1. The lowest BCUT2D eigenvalue weighted by Gasteiger charge is -2.14. The second-order valence-corrected chi connectivity index (χ2v) is 5.27. The van der Waals surface area contributed by atoms with Crippen LogP contribution in [-0.2, 0) is 13.1 Å². The van der Waals surface area contributed by atoms with Gasteiger partial charge in [-0.1, -0.05) is 6.92 Å². The Balaban J connectivity index is 2.27. The number of nitrogens with one attached hydrogen (secondary N) is 1. The zero-order chi connectivity index (χ0) is 12.5. The molecule has 1 aromatic heterocycles. The second-order valence-electron chi connectivity index (χ2n) is 4.29. The molecule has 0 radical (unpaired) electrons. The fourth-order valence-corrected chi connectivity index (χ4v) is 2.11. The van der Waals surface area contributed by atoms with Crippen LogP contribution in [0.2, 0.25) is 0 Å². The van der Waals surface area contributed by atoms with Crippen molar-refractivity contribution in [2.75, 3.05) is 32.1 Å². The molecule has 4 heteroatoms. The smallest absolute Gasteiger partial charge is 0.118 e. The predicted molar refractivity (Wildman–Crippen MR) is 75.4 cm³/mol. The summed E-state index contributed by atoms with van der Waals surface area (Å²) in [7, 11) is 2.15. The van der Waals surface area contributed by atoms with E-state index >= 15 is 0 Å². The molecule has 0 aromatic carbocycles. The lowest BCUT2D eigenvalue weighted by molar-refractivity contribution is 0.296. The van der Waals surface area contributed by atoms with Crippen molar-refractivity contribution < 1.29 is 4.42 Å². The number of thioether (sulfide) groups is 1. The molecule has 0 saturated carbocycles. The minimum atomic E-state index is 0.899. The maximum Gasteiger partial charge on any atom is 0.118 e. The molecule has 0 fully saturated rings. The van der Waals surface area contributed by atoms with Crippen LogP contribution < -0.4 is 5.32 Å². The van der Waals surface area contributed by atoms with Crippen molar-refractivity contribution in [1.29, 1.82) is 0 Å². The van der Waals surface area contributed by atoms with Crippen LogP contribution in [0.15, 0.2) is 16.7 Å². The van der Waals surface area contributed by atoms with E-state index in [-0.39, 0.29) is 0 Å². The van der Waals surface area contributed by atoms with Gasteiger partial charge in [0.05, 0.1) is 12.8 Å². The van der Waals surface area contributed by atoms with Crippen LogP contribution >= 0.6 is 11.8 Å². The highest BCUT2D eigenvalue weighted by molar-refractivity contribution is 7.98. The van der Waals surface area contributed by atoms with Crippen LogP contribution in [0.3, 0.4) is 0 Å². The van der Waals surface area contributed by atoms with Gasteiger partial charge >= 0.3 is 0 Å². The zero-order valence-corrected chi connectivity index (χ0v) is 12.0. The van der Waals surface area contributed by atoms with Crippen molar-refractivity contribution in [3.05, 3.63) is 23.7 Å². The quantitative estimate of drug-likeness (QED) is 0.687. The van der Waals surface area contributed by atoms with Crippen molar-refractivity contribution in [3.63, 3.8) is 0 Å². The number of nitrogens with zero attached hydrogens (tertiary/aromatic N) is 1. The van der Waals surface area contributed by atoms with Gasteiger partial charge in [-0.3, -0.25) is 4.90 Å². The van der Waals surface area contributed by atoms with E-state index in [0.717, 1.165) is 31.9 Å². The van der Waals surface area contributed by atoms with Crippen LogP contribution in [-0.4, -0.2) is 37.0 Å². The Morgan fingerprint density at radius 3 is 3.00 bits per heavy atom. The van der Waals surface area contributed by atoms with Gasteiger partial charge in [0.1, 0.15) is 5.76 Å². The van der Waals surface area contributed by atoms with E-state index < -0.39 is 0 Å². The van der Waals surface area contributed by atoms with Crippen molar-refractivity contribution in [1.82, 2.24) is 10.2 Å². The van der Waals surface area contributed by atoms with E-state index in [9.17, 15) is 0 Å². The average molecular weight is 256 g/mol. The summed E-state index contributed by atoms with van der Waals surface area (Å²) in [5, 5.41) is 3.30. The molecule has 0 aliphatic rings. The third-order valence-electron chi connectivity index (χ3n) is 2.60. The zero-order valence-electron chi connectivity index (χ0n) is 11.2. The first kappa shape index (κ1) is 14.6. The van der Waals surface area contributed by atoms with E-state index in [2.05, 4.69) is 36.5 Å². The van der Waals surface area contributed by atoms with Crippen molar-refractivity contribution in [2.24, 2.45) is 0 Å². The first-order valence-electron chi connectivity index (χ1n) is 6.20. The molecule has 1 N–H and O–H groups in total. The molecule has 0 spiro atoms. The maximum atomic E-state index is 5.55. The summed E-state index contributed by atoms with van der Waals surface area (Å²) in [5.74, 6) is 2.29. The number of rotatable bonds is 9. The van der Waals surface area contributed by atoms with E-state index in [1.165, 1.54) is 17.7 Å². The lowest BCUT2D eigenvalue weighted by Crippen LogP contribution is -2.19. The standard InChI is InChI=1S/C13H24N2OS/c1-4-14-9-12-8-13(16-11-12)10-15(2)6-5-7-17-3/h8,11,14H,4-7,9-10H2,1-3H3. The summed E-state index contributed by atoms with van der Waals surface area (Å²) >= 11 is 1.90. The average Bonchev–Trinajstić information content (AvgIpc) is 2.74. The van der Waals surface area contributed by atoms with Crippen LogP contribution in [0, 0.1) is 0 Å². The molecule has 17 heavy (non-hydrogen) atoms. The Morgan fingerprint density at radius 2 is 2.29 bits per heavy atom. The van der Waals surface area contributed by atoms with Crippen LogP contribution in [0.1, 0.15) is 24.7 Å². The lowest BCUT2D eigenvalue weighted by atomic mass is 10.3. The molecular weight excluding hydrogens is 232 g/mol. The highest BCUT2D eigenvalue weighted by atomic mass is 32.2. The van der Waals surface area contributed by atoms with Gasteiger partial charge in [0.2, 0.25) is 0 Å². The highest BCUT2D eigenvalue weighted by Gasteiger charge is 2.05. The van der Waals surface area contributed by atoms with E-state index in [1.54, 1.807) is 0 Å². The van der Waals surface area contributed by atoms with Gasteiger partial charge < -0.3 is 9.73 Å². The molecular formula is C13H24N2OS. The Kier molecular flexibility index (Phi) is 7.40. The summed E-state index contributed by atoms with van der Waals surface area (Å²) in [6, 6.07) is 2.15. The molecule has 0 saturated heterocycles. The number of hydrogen-bond donors (Lipinski definition) is 1. The predicted octanol–water partition coefficient (Wildman–Crippen LogP) is 2.57. The summed E-state index contributed by atoms with van der Waals surface area (Å²) in [4.78, 5) is 2.31. The fraction of sp³-hybridized carbons (Fsp3) is 0.692. The second kappa shape index (κ2) is 8.61. The number of hydrogen-bond acceptors (Lipinski definition) is 4. The summed E-state index contributed by atoms with van der Waals surface area (Å²) in [5.41, 5.74) is 1.24. The maximum absolute atomic E-state index is 5.55. The molecule has 0 aliphatic carbocycles. The Bertz CT molecular complexity index is 301. The first-order valence-corrected chi connectivity index (χ1v) is 7.60. The Morgan fingerprint density at radius 1 is 1.47 bits per heavy atom. The van der Waals surface area contributed by atoms with Crippen molar-refractivity contribution in [3.8, 4) is 0 Å². The first-order chi connectivity index (χ1) is 8.26. The Hall–Kier alpha value is -0.450. The van der Waals surface area contributed by atoms with E-state index in [4.69, 9.17) is 4.42 Å². The molecule has 0 atom stereocenters. The highest BCUT2D eigenvalue weighted by Crippen LogP contribution is 2.10. The number of furan rings is 1. The van der Waals surface area contributed by atoms with Gasteiger partial charge in [0.25, 0.3) is 0 Å². The van der Waals surface area contributed by atoms with E-state index in [0.29, 0.717) is 0 Å². The molecule has 0 unspecified atom stereocenters. The molecule has 1 heterocycles.